The van der Waals surface area contributed by atoms with Gasteiger partial charge in [0.25, 0.3) is 0 Å². The zero-order valence-corrected chi connectivity index (χ0v) is 12.8. The van der Waals surface area contributed by atoms with Gasteiger partial charge in [0.2, 0.25) is 0 Å². The fourth-order valence-corrected chi connectivity index (χ4v) is 4.01. The normalized spacial score (nSPS) is 20.3. The maximum Gasteiger partial charge on any atom is 0.123 e. The molecule has 1 heterocycles. The van der Waals surface area contributed by atoms with Crippen LogP contribution in [0.25, 0.3) is 0 Å². The fourth-order valence-electron chi connectivity index (χ4n) is 2.61. The summed E-state index contributed by atoms with van der Waals surface area (Å²) in [4.78, 5) is 0. The van der Waals surface area contributed by atoms with E-state index >= 15 is 0 Å². The number of ether oxygens (including phenoxy) is 2. The van der Waals surface area contributed by atoms with Crippen molar-refractivity contribution in [1.29, 1.82) is 0 Å². The first kappa shape index (κ1) is 14.5. The largest absolute Gasteiger partial charge is 0.497 e. The van der Waals surface area contributed by atoms with Crippen LogP contribution < -0.4 is 14.8 Å². The molecule has 0 aliphatic carbocycles. The van der Waals surface area contributed by atoms with Gasteiger partial charge in [-0.3, -0.25) is 0 Å². The summed E-state index contributed by atoms with van der Waals surface area (Å²) in [5.41, 5.74) is 1.21. The molecule has 19 heavy (non-hydrogen) atoms. The zero-order chi connectivity index (χ0) is 13.7. The minimum absolute atomic E-state index is 0.336. The van der Waals surface area contributed by atoms with Crippen molar-refractivity contribution >= 4 is 11.8 Å². The molecule has 0 aromatic heterocycles. The van der Waals surface area contributed by atoms with E-state index in [1.807, 2.05) is 12.1 Å². The first-order valence-corrected chi connectivity index (χ1v) is 7.92. The summed E-state index contributed by atoms with van der Waals surface area (Å²) in [6, 6.07) is 6.39. The Morgan fingerprint density at radius 3 is 2.79 bits per heavy atom. The molecule has 2 rings (SSSR count). The van der Waals surface area contributed by atoms with E-state index in [-0.39, 0.29) is 0 Å². The minimum atomic E-state index is 0.336. The van der Waals surface area contributed by atoms with E-state index in [4.69, 9.17) is 9.47 Å². The lowest BCUT2D eigenvalue weighted by molar-refractivity contribution is 0.388. The van der Waals surface area contributed by atoms with Crippen molar-refractivity contribution in [3.8, 4) is 11.5 Å². The maximum absolute atomic E-state index is 5.53. The molecule has 3 nitrogen and oxygen atoms in total. The molecule has 2 atom stereocenters. The Kier molecular flexibility index (Phi) is 5.40. The lowest BCUT2D eigenvalue weighted by atomic mass is 9.99. The third-order valence-electron chi connectivity index (χ3n) is 3.53. The molecule has 106 valence electrons. The SMILES string of the molecule is CCNC(c1cc(OC)ccc1OC)C1CCCS1. The first-order valence-electron chi connectivity index (χ1n) is 6.87. The number of rotatable bonds is 6. The second-order valence-electron chi connectivity index (χ2n) is 4.69. The van der Waals surface area contributed by atoms with Gasteiger partial charge < -0.3 is 14.8 Å². The van der Waals surface area contributed by atoms with E-state index in [1.54, 1.807) is 14.2 Å². The highest BCUT2D eigenvalue weighted by molar-refractivity contribution is 8.00. The Hall–Kier alpha value is -0.870. The monoisotopic (exact) mass is 281 g/mol. The van der Waals surface area contributed by atoms with E-state index in [0.717, 1.165) is 18.0 Å². The molecule has 4 heteroatoms. The molecule has 1 N–H and O–H groups in total. The predicted octanol–water partition coefficient (Wildman–Crippen LogP) is 3.25. The van der Waals surface area contributed by atoms with Crippen LogP contribution in [0, 0.1) is 0 Å². The third-order valence-corrected chi connectivity index (χ3v) is 4.99. The topological polar surface area (TPSA) is 30.5 Å². The summed E-state index contributed by atoms with van der Waals surface area (Å²) in [5.74, 6) is 3.10. The summed E-state index contributed by atoms with van der Waals surface area (Å²) >= 11 is 2.06. The Bertz CT molecular complexity index is 405. The smallest absolute Gasteiger partial charge is 0.123 e. The standard InChI is InChI=1S/C15H23NO2S/c1-4-16-15(14-6-5-9-19-14)12-10-11(17-2)7-8-13(12)18-3/h7-8,10,14-16H,4-6,9H2,1-3H3. The van der Waals surface area contributed by atoms with Crippen molar-refractivity contribution in [2.45, 2.75) is 31.1 Å². The molecule has 0 bridgehead atoms. The Labute approximate surface area is 120 Å². The quantitative estimate of drug-likeness (QED) is 0.867. The second kappa shape index (κ2) is 7.06. The van der Waals surface area contributed by atoms with Gasteiger partial charge >= 0.3 is 0 Å². The van der Waals surface area contributed by atoms with Gasteiger partial charge in [0.1, 0.15) is 11.5 Å². The number of methoxy groups -OCH3 is 2. The van der Waals surface area contributed by atoms with E-state index in [1.165, 1.54) is 24.2 Å². The van der Waals surface area contributed by atoms with Crippen molar-refractivity contribution in [1.82, 2.24) is 5.32 Å². The molecule has 0 radical (unpaired) electrons. The van der Waals surface area contributed by atoms with Gasteiger partial charge in [-0.05, 0) is 43.3 Å². The number of hydrogen-bond donors (Lipinski definition) is 1. The average molecular weight is 281 g/mol. The average Bonchev–Trinajstić information content (AvgIpc) is 2.98. The first-order chi connectivity index (χ1) is 9.30. The molecule has 1 aliphatic rings. The van der Waals surface area contributed by atoms with Gasteiger partial charge in [-0.2, -0.15) is 11.8 Å². The fraction of sp³-hybridized carbons (Fsp3) is 0.600. The zero-order valence-electron chi connectivity index (χ0n) is 11.9. The number of benzene rings is 1. The van der Waals surface area contributed by atoms with Crippen LogP contribution >= 0.6 is 11.8 Å². The number of nitrogens with one attached hydrogen (secondary N) is 1. The number of thioether (sulfide) groups is 1. The van der Waals surface area contributed by atoms with Gasteiger partial charge in [0.05, 0.1) is 14.2 Å². The Balaban J connectivity index is 2.32. The molecule has 1 aliphatic heterocycles. The third kappa shape index (κ3) is 3.37. The predicted molar refractivity (Wildman–Crippen MR) is 81.4 cm³/mol. The summed E-state index contributed by atoms with van der Waals surface area (Å²) in [5, 5.41) is 4.24. The second-order valence-corrected chi connectivity index (χ2v) is 6.04. The molecule has 0 spiro atoms. The summed E-state index contributed by atoms with van der Waals surface area (Å²) in [7, 11) is 3.44. The van der Waals surface area contributed by atoms with Crippen molar-refractivity contribution in [3.05, 3.63) is 23.8 Å². The minimum Gasteiger partial charge on any atom is -0.497 e. The van der Waals surface area contributed by atoms with E-state index < -0.39 is 0 Å². The highest BCUT2D eigenvalue weighted by atomic mass is 32.2. The lowest BCUT2D eigenvalue weighted by Crippen LogP contribution is -2.29. The van der Waals surface area contributed by atoms with Gasteiger partial charge in [-0.1, -0.05) is 6.92 Å². The van der Waals surface area contributed by atoms with Crippen molar-refractivity contribution in [3.63, 3.8) is 0 Å². The Morgan fingerprint density at radius 2 is 2.21 bits per heavy atom. The van der Waals surface area contributed by atoms with Crippen molar-refractivity contribution in [2.24, 2.45) is 0 Å². The van der Waals surface area contributed by atoms with Crippen LogP contribution in [-0.2, 0) is 0 Å². The van der Waals surface area contributed by atoms with Crippen LogP contribution in [0.5, 0.6) is 11.5 Å². The molecule has 2 unspecified atom stereocenters. The summed E-state index contributed by atoms with van der Waals surface area (Å²) in [6.45, 7) is 3.11. The molecule has 0 amide bonds. The Morgan fingerprint density at radius 1 is 1.37 bits per heavy atom. The molecular weight excluding hydrogens is 258 g/mol. The molecule has 1 saturated heterocycles. The van der Waals surface area contributed by atoms with Gasteiger partial charge in [-0.15, -0.1) is 0 Å². The van der Waals surface area contributed by atoms with Crippen LogP contribution in [0.1, 0.15) is 31.4 Å². The summed E-state index contributed by atoms with van der Waals surface area (Å²) < 4.78 is 10.9. The molecular formula is C15H23NO2S. The van der Waals surface area contributed by atoms with Crippen LogP contribution in [0.3, 0.4) is 0 Å². The van der Waals surface area contributed by atoms with Gasteiger partial charge in [-0.25, -0.2) is 0 Å². The molecule has 1 fully saturated rings. The lowest BCUT2D eigenvalue weighted by Gasteiger charge is -2.26. The molecule has 1 aromatic rings. The van der Waals surface area contributed by atoms with E-state index in [9.17, 15) is 0 Å². The number of hydrogen-bond acceptors (Lipinski definition) is 4. The maximum atomic E-state index is 5.53. The van der Waals surface area contributed by atoms with E-state index in [2.05, 4.69) is 30.1 Å². The molecule has 0 saturated carbocycles. The molecule has 1 aromatic carbocycles. The van der Waals surface area contributed by atoms with Crippen molar-refractivity contribution < 1.29 is 9.47 Å². The highest BCUT2D eigenvalue weighted by Gasteiger charge is 2.28. The van der Waals surface area contributed by atoms with Crippen LogP contribution in [0.2, 0.25) is 0 Å². The van der Waals surface area contributed by atoms with Gasteiger partial charge in [0.15, 0.2) is 0 Å². The van der Waals surface area contributed by atoms with Crippen LogP contribution in [0.4, 0.5) is 0 Å². The van der Waals surface area contributed by atoms with Crippen LogP contribution in [-0.4, -0.2) is 31.8 Å². The van der Waals surface area contributed by atoms with E-state index in [0.29, 0.717) is 11.3 Å². The highest BCUT2D eigenvalue weighted by Crippen LogP contribution is 2.40. The summed E-state index contributed by atoms with van der Waals surface area (Å²) in [6.07, 6.45) is 2.58. The van der Waals surface area contributed by atoms with Crippen molar-refractivity contribution in [2.75, 3.05) is 26.5 Å². The van der Waals surface area contributed by atoms with Crippen LogP contribution in [0.15, 0.2) is 18.2 Å². The van der Waals surface area contributed by atoms with Gasteiger partial charge in [0, 0.05) is 16.9 Å².